The summed E-state index contributed by atoms with van der Waals surface area (Å²) >= 11 is 6.95. The van der Waals surface area contributed by atoms with Crippen molar-refractivity contribution in [3.05, 3.63) is 32.8 Å². The van der Waals surface area contributed by atoms with E-state index < -0.39 is 0 Å². The summed E-state index contributed by atoms with van der Waals surface area (Å²) < 4.78 is 1.91. The number of nitrogens with zero attached hydrogens (tertiary/aromatic N) is 1. The van der Waals surface area contributed by atoms with Crippen molar-refractivity contribution >= 4 is 34.0 Å². The van der Waals surface area contributed by atoms with Crippen molar-refractivity contribution in [2.75, 3.05) is 0 Å². The molecule has 2 nitrogen and oxygen atoms in total. The third-order valence-corrected chi connectivity index (χ3v) is 2.83. The monoisotopic (exact) mass is 199 g/mol. The predicted octanol–water partition coefficient (Wildman–Crippen LogP) is 2.25. The van der Waals surface area contributed by atoms with Crippen molar-refractivity contribution in [3.8, 4) is 0 Å². The van der Waals surface area contributed by atoms with Crippen LogP contribution in [0.1, 0.15) is 0 Å². The minimum atomic E-state index is 0.0648. The van der Waals surface area contributed by atoms with Crippen LogP contribution in [0.25, 0.3) is 10.9 Å². The lowest BCUT2D eigenvalue weighted by Gasteiger charge is -1.92. The smallest absolute Gasteiger partial charge is 0.257 e. The lowest BCUT2D eigenvalue weighted by atomic mass is 10.2. The van der Waals surface area contributed by atoms with Crippen LogP contribution < -0.4 is 4.74 Å². The van der Waals surface area contributed by atoms with Gasteiger partial charge in [0.15, 0.2) is 0 Å². The summed E-state index contributed by atoms with van der Waals surface area (Å²) in [6, 6.07) is 5.35. The molecule has 0 saturated carbocycles. The highest BCUT2D eigenvalue weighted by Gasteiger charge is 2.03. The Kier molecular flexibility index (Phi) is 1.70. The molecule has 2 aromatic rings. The zero-order valence-corrected chi connectivity index (χ0v) is 7.95. The number of halogens is 1. The molecule has 1 aromatic heterocycles. The van der Waals surface area contributed by atoms with Gasteiger partial charge < -0.3 is 0 Å². The fourth-order valence-electron chi connectivity index (χ4n) is 1.17. The Morgan fingerprint density at radius 3 is 3.00 bits per heavy atom. The summed E-state index contributed by atoms with van der Waals surface area (Å²) in [5, 5.41) is 1.31. The first-order valence-electron chi connectivity index (χ1n) is 3.44. The Hall–Kier alpha value is -0.800. The summed E-state index contributed by atoms with van der Waals surface area (Å²) in [6.45, 7) is 0. The van der Waals surface area contributed by atoms with Crippen LogP contribution >= 0.6 is 23.1 Å². The van der Waals surface area contributed by atoms with Crippen molar-refractivity contribution in [3.63, 3.8) is 0 Å². The second-order valence-electron chi connectivity index (χ2n) is 2.54. The molecule has 0 amide bonds. The molecule has 0 atom stereocenters. The molecular formula is C8H6ClNOS. The molecule has 0 fully saturated rings. The van der Waals surface area contributed by atoms with Crippen LogP contribution in [0.5, 0.6) is 0 Å². The van der Waals surface area contributed by atoms with Crippen LogP contribution in [0.2, 0.25) is 5.02 Å². The standard InChI is InChI=1S/C8H6ClNOS/c1-10-7-3-2-5(9)4-6(7)8(11)12-10/h2-4H,1H3. The first kappa shape index (κ1) is 7.83. The van der Waals surface area contributed by atoms with E-state index in [1.54, 1.807) is 12.1 Å². The maximum atomic E-state index is 11.3. The Labute approximate surface area is 78.2 Å². The third kappa shape index (κ3) is 1.06. The summed E-state index contributed by atoms with van der Waals surface area (Å²) in [4.78, 5) is 11.3. The van der Waals surface area contributed by atoms with Gasteiger partial charge in [0.05, 0.1) is 10.9 Å². The summed E-state index contributed by atoms with van der Waals surface area (Å²) in [6.07, 6.45) is 0. The molecule has 1 heterocycles. The molecule has 1 aromatic carbocycles. The Balaban J connectivity index is 3.00. The van der Waals surface area contributed by atoms with Crippen molar-refractivity contribution in [1.29, 1.82) is 0 Å². The normalized spacial score (nSPS) is 10.8. The molecule has 12 heavy (non-hydrogen) atoms. The molecular weight excluding hydrogens is 194 g/mol. The molecule has 0 saturated heterocycles. The molecule has 0 spiro atoms. The number of rotatable bonds is 0. The van der Waals surface area contributed by atoms with E-state index in [9.17, 15) is 4.79 Å². The number of hydrogen-bond donors (Lipinski definition) is 0. The highest BCUT2D eigenvalue weighted by Crippen LogP contribution is 2.17. The number of fused-ring (bicyclic) bond motifs is 1. The van der Waals surface area contributed by atoms with Crippen LogP contribution in [0.3, 0.4) is 0 Å². The van der Waals surface area contributed by atoms with Gasteiger partial charge in [-0.15, -0.1) is 0 Å². The van der Waals surface area contributed by atoms with Crippen molar-refractivity contribution in [2.24, 2.45) is 7.05 Å². The second-order valence-corrected chi connectivity index (χ2v) is 4.08. The molecule has 0 bridgehead atoms. The van der Waals surface area contributed by atoms with E-state index in [-0.39, 0.29) is 4.74 Å². The third-order valence-electron chi connectivity index (χ3n) is 1.74. The molecule has 0 aliphatic heterocycles. The fourth-order valence-corrected chi connectivity index (χ4v) is 2.11. The lowest BCUT2D eigenvalue weighted by molar-refractivity contribution is 1.08. The number of aromatic nitrogens is 1. The van der Waals surface area contributed by atoms with Gasteiger partial charge in [-0.3, -0.25) is 8.75 Å². The Morgan fingerprint density at radius 2 is 2.25 bits per heavy atom. The van der Waals surface area contributed by atoms with Crippen LogP contribution in [0.15, 0.2) is 23.0 Å². The maximum absolute atomic E-state index is 11.3. The van der Waals surface area contributed by atoms with Crippen molar-refractivity contribution < 1.29 is 0 Å². The van der Waals surface area contributed by atoms with Crippen LogP contribution in [0.4, 0.5) is 0 Å². The average molecular weight is 200 g/mol. The van der Waals surface area contributed by atoms with Gasteiger partial charge in [0, 0.05) is 12.1 Å². The van der Waals surface area contributed by atoms with E-state index >= 15 is 0 Å². The molecule has 0 radical (unpaired) electrons. The van der Waals surface area contributed by atoms with E-state index in [1.807, 2.05) is 17.1 Å². The fraction of sp³-hybridized carbons (Fsp3) is 0.125. The minimum Gasteiger partial charge on any atom is -0.297 e. The highest BCUT2D eigenvalue weighted by molar-refractivity contribution is 7.05. The van der Waals surface area contributed by atoms with Gasteiger partial charge in [-0.1, -0.05) is 11.6 Å². The van der Waals surface area contributed by atoms with E-state index in [0.717, 1.165) is 5.52 Å². The van der Waals surface area contributed by atoms with Crippen molar-refractivity contribution in [2.45, 2.75) is 0 Å². The van der Waals surface area contributed by atoms with Crippen molar-refractivity contribution in [1.82, 2.24) is 3.96 Å². The van der Waals surface area contributed by atoms with E-state index in [1.165, 1.54) is 11.5 Å². The Bertz CT molecular complexity index is 485. The van der Waals surface area contributed by atoms with Gasteiger partial charge in [-0.25, -0.2) is 0 Å². The quantitative estimate of drug-likeness (QED) is 0.638. The van der Waals surface area contributed by atoms with Crippen LogP contribution in [-0.2, 0) is 7.05 Å². The zero-order valence-electron chi connectivity index (χ0n) is 6.37. The number of benzene rings is 1. The summed E-state index contributed by atoms with van der Waals surface area (Å²) in [5.41, 5.74) is 0.939. The molecule has 2 rings (SSSR count). The SMILES string of the molecule is Cn1sc(=O)c2cc(Cl)ccc21. The van der Waals surface area contributed by atoms with Gasteiger partial charge in [-0.05, 0) is 29.7 Å². The molecule has 0 aliphatic rings. The molecule has 4 heteroatoms. The first-order chi connectivity index (χ1) is 5.68. The van der Waals surface area contributed by atoms with E-state index in [4.69, 9.17) is 11.6 Å². The number of aryl methyl sites for hydroxylation is 1. The van der Waals surface area contributed by atoms with Gasteiger partial charge in [-0.2, -0.15) is 0 Å². The maximum Gasteiger partial charge on any atom is 0.257 e. The topological polar surface area (TPSA) is 22.0 Å². The molecule has 0 unspecified atom stereocenters. The average Bonchev–Trinajstić information content (AvgIpc) is 2.28. The van der Waals surface area contributed by atoms with E-state index in [0.29, 0.717) is 10.4 Å². The molecule has 0 aliphatic carbocycles. The van der Waals surface area contributed by atoms with Crippen LogP contribution in [-0.4, -0.2) is 3.96 Å². The molecule has 62 valence electrons. The van der Waals surface area contributed by atoms with Gasteiger partial charge >= 0.3 is 0 Å². The van der Waals surface area contributed by atoms with Crippen LogP contribution in [0, 0.1) is 0 Å². The van der Waals surface area contributed by atoms with Gasteiger partial charge in [0.2, 0.25) is 0 Å². The summed E-state index contributed by atoms with van der Waals surface area (Å²) in [7, 11) is 1.86. The Morgan fingerprint density at radius 1 is 1.50 bits per heavy atom. The first-order valence-corrected chi connectivity index (χ1v) is 4.59. The van der Waals surface area contributed by atoms with Gasteiger partial charge in [0.25, 0.3) is 4.74 Å². The number of hydrogen-bond acceptors (Lipinski definition) is 2. The minimum absolute atomic E-state index is 0.0648. The van der Waals surface area contributed by atoms with E-state index in [2.05, 4.69) is 0 Å². The second kappa shape index (κ2) is 2.61. The van der Waals surface area contributed by atoms with Gasteiger partial charge in [0.1, 0.15) is 0 Å². The highest BCUT2D eigenvalue weighted by atomic mass is 35.5. The lowest BCUT2D eigenvalue weighted by Crippen LogP contribution is -1.86. The summed E-state index contributed by atoms with van der Waals surface area (Å²) in [5.74, 6) is 0. The predicted molar refractivity (Wildman–Crippen MR) is 52.1 cm³/mol. The largest absolute Gasteiger partial charge is 0.297 e. The molecule has 0 N–H and O–H groups in total. The zero-order chi connectivity index (χ0) is 8.72.